The summed E-state index contributed by atoms with van der Waals surface area (Å²) in [6, 6.07) is 3.04. The van der Waals surface area contributed by atoms with Crippen molar-refractivity contribution in [3.05, 3.63) is 33.1 Å². The van der Waals surface area contributed by atoms with Gasteiger partial charge < -0.3 is 0 Å². The summed E-state index contributed by atoms with van der Waals surface area (Å²) in [7, 11) is 0. The third-order valence-electron chi connectivity index (χ3n) is 1.36. The molecule has 13 heavy (non-hydrogen) atoms. The van der Waals surface area contributed by atoms with Crippen molar-refractivity contribution >= 4 is 17.3 Å². The molecular formula is C7H4ClN3O2. The Morgan fingerprint density at radius 1 is 1.77 bits per heavy atom. The molecule has 0 saturated heterocycles. The van der Waals surface area contributed by atoms with Gasteiger partial charge in [0, 0.05) is 6.07 Å². The summed E-state index contributed by atoms with van der Waals surface area (Å²) in [6.45, 7) is 0. The molecule has 1 rings (SSSR count). The van der Waals surface area contributed by atoms with E-state index in [1.807, 2.05) is 6.07 Å². The van der Waals surface area contributed by atoms with E-state index in [1.165, 1.54) is 6.07 Å². The minimum absolute atomic E-state index is 0.0524. The molecule has 0 N–H and O–H groups in total. The fraction of sp³-hybridized carbons (Fsp3) is 0.143. The van der Waals surface area contributed by atoms with Gasteiger partial charge in [0.05, 0.1) is 28.1 Å². The van der Waals surface area contributed by atoms with Gasteiger partial charge in [-0.05, 0) is 0 Å². The van der Waals surface area contributed by atoms with Gasteiger partial charge in [0.25, 0.3) is 5.69 Å². The normalized spacial score (nSPS) is 9.23. The molecule has 0 aliphatic carbocycles. The van der Waals surface area contributed by atoms with Crippen molar-refractivity contribution in [3.8, 4) is 6.07 Å². The van der Waals surface area contributed by atoms with Crippen LogP contribution in [0.4, 0.5) is 5.69 Å². The maximum atomic E-state index is 10.3. The van der Waals surface area contributed by atoms with Crippen LogP contribution in [0.3, 0.4) is 0 Å². The average Bonchev–Trinajstić information content (AvgIpc) is 2.08. The van der Waals surface area contributed by atoms with E-state index < -0.39 is 4.92 Å². The van der Waals surface area contributed by atoms with E-state index in [2.05, 4.69) is 4.98 Å². The van der Waals surface area contributed by atoms with E-state index in [9.17, 15) is 10.1 Å². The summed E-state index contributed by atoms with van der Waals surface area (Å²) in [4.78, 5) is 13.4. The highest BCUT2D eigenvalue weighted by molar-refractivity contribution is 6.31. The van der Waals surface area contributed by atoms with Crippen LogP contribution >= 0.6 is 11.6 Å². The largest absolute Gasteiger partial charge is 0.289 e. The van der Waals surface area contributed by atoms with Gasteiger partial charge in [0.15, 0.2) is 0 Å². The van der Waals surface area contributed by atoms with E-state index in [1.54, 1.807) is 0 Å². The van der Waals surface area contributed by atoms with Crippen LogP contribution in [0.25, 0.3) is 0 Å². The van der Waals surface area contributed by atoms with Gasteiger partial charge in [-0.3, -0.25) is 15.1 Å². The summed E-state index contributed by atoms with van der Waals surface area (Å²) in [5, 5.41) is 18.8. The number of hydrogen-bond donors (Lipinski definition) is 0. The Morgan fingerprint density at radius 2 is 2.46 bits per heavy atom. The third-order valence-corrected chi connectivity index (χ3v) is 1.69. The lowest BCUT2D eigenvalue weighted by atomic mass is 10.3. The lowest BCUT2D eigenvalue weighted by Crippen LogP contribution is -1.93. The van der Waals surface area contributed by atoms with Crippen molar-refractivity contribution in [2.45, 2.75) is 6.42 Å². The Bertz CT molecular complexity index is 386. The van der Waals surface area contributed by atoms with Crippen molar-refractivity contribution in [3.63, 3.8) is 0 Å². The Morgan fingerprint density at radius 3 is 2.92 bits per heavy atom. The van der Waals surface area contributed by atoms with E-state index in [0.717, 1.165) is 6.20 Å². The maximum absolute atomic E-state index is 10.3. The second-order valence-corrected chi connectivity index (χ2v) is 2.62. The molecule has 0 spiro atoms. The predicted octanol–water partition coefficient (Wildman–Crippen LogP) is 1.71. The van der Waals surface area contributed by atoms with Crippen molar-refractivity contribution in [1.82, 2.24) is 4.98 Å². The van der Waals surface area contributed by atoms with E-state index >= 15 is 0 Å². The number of rotatable bonds is 2. The highest BCUT2D eigenvalue weighted by Gasteiger charge is 2.09. The summed E-state index contributed by atoms with van der Waals surface area (Å²) >= 11 is 5.63. The van der Waals surface area contributed by atoms with Crippen LogP contribution in [-0.2, 0) is 6.42 Å². The molecule has 1 heterocycles. The summed E-state index contributed by atoms with van der Waals surface area (Å²) in [6.07, 6.45) is 1.13. The van der Waals surface area contributed by atoms with E-state index in [4.69, 9.17) is 16.9 Å². The van der Waals surface area contributed by atoms with Crippen LogP contribution in [0.5, 0.6) is 0 Å². The SMILES string of the molecule is N#CCc1ncc([N+](=O)[O-])cc1Cl. The van der Waals surface area contributed by atoms with Crippen LogP contribution in [0.2, 0.25) is 5.02 Å². The highest BCUT2D eigenvalue weighted by atomic mass is 35.5. The van der Waals surface area contributed by atoms with Crippen molar-refractivity contribution in [1.29, 1.82) is 5.26 Å². The van der Waals surface area contributed by atoms with Crippen LogP contribution in [0.15, 0.2) is 12.3 Å². The number of nitriles is 1. The first-order valence-electron chi connectivity index (χ1n) is 3.31. The van der Waals surface area contributed by atoms with Gasteiger partial charge in [-0.15, -0.1) is 0 Å². The summed E-state index contributed by atoms with van der Waals surface area (Å²) < 4.78 is 0. The zero-order valence-electron chi connectivity index (χ0n) is 6.40. The maximum Gasteiger partial charge on any atom is 0.289 e. The van der Waals surface area contributed by atoms with Gasteiger partial charge >= 0.3 is 0 Å². The zero-order chi connectivity index (χ0) is 9.84. The quantitative estimate of drug-likeness (QED) is 0.534. The molecule has 0 saturated carbocycles. The molecule has 0 aliphatic heterocycles. The van der Waals surface area contributed by atoms with Crippen LogP contribution in [0.1, 0.15) is 5.69 Å². The number of hydrogen-bond acceptors (Lipinski definition) is 4. The Hall–Kier alpha value is -1.67. The molecular weight excluding hydrogens is 194 g/mol. The van der Waals surface area contributed by atoms with Gasteiger partial charge in [-0.1, -0.05) is 11.6 Å². The number of nitrogens with zero attached hydrogens (tertiary/aromatic N) is 3. The molecule has 5 nitrogen and oxygen atoms in total. The number of halogens is 1. The minimum atomic E-state index is -0.588. The second kappa shape index (κ2) is 3.83. The molecule has 1 aromatic heterocycles. The van der Waals surface area contributed by atoms with Crippen molar-refractivity contribution < 1.29 is 4.92 Å². The number of nitro groups is 1. The molecule has 0 fully saturated rings. The third kappa shape index (κ3) is 2.13. The van der Waals surface area contributed by atoms with Gasteiger partial charge in [0.2, 0.25) is 0 Å². The molecule has 1 aromatic rings. The van der Waals surface area contributed by atoms with Gasteiger partial charge in [-0.25, -0.2) is 0 Å². The van der Waals surface area contributed by atoms with Crippen LogP contribution < -0.4 is 0 Å². The molecule has 0 aromatic carbocycles. The van der Waals surface area contributed by atoms with Crippen LogP contribution in [0, 0.1) is 21.4 Å². The number of aromatic nitrogens is 1. The summed E-state index contributed by atoms with van der Waals surface area (Å²) in [5.74, 6) is 0. The average molecular weight is 198 g/mol. The topological polar surface area (TPSA) is 79.8 Å². The zero-order valence-corrected chi connectivity index (χ0v) is 7.15. The number of pyridine rings is 1. The Kier molecular flexibility index (Phi) is 2.77. The fourth-order valence-corrected chi connectivity index (χ4v) is 0.988. The van der Waals surface area contributed by atoms with Crippen molar-refractivity contribution in [2.75, 3.05) is 0 Å². The van der Waals surface area contributed by atoms with E-state index in [0.29, 0.717) is 5.69 Å². The monoisotopic (exact) mass is 197 g/mol. The minimum Gasteiger partial charge on any atom is -0.258 e. The first kappa shape index (κ1) is 9.42. The molecule has 0 aliphatic rings. The molecule has 0 radical (unpaired) electrons. The summed E-state index contributed by atoms with van der Waals surface area (Å²) in [5.41, 5.74) is 0.182. The molecule has 66 valence electrons. The van der Waals surface area contributed by atoms with Crippen molar-refractivity contribution in [2.24, 2.45) is 0 Å². The molecule has 6 heteroatoms. The highest BCUT2D eigenvalue weighted by Crippen LogP contribution is 2.19. The smallest absolute Gasteiger partial charge is 0.258 e. The fourth-order valence-electron chi connectivity index (χ4n) is 0.761. The molecule has 0 bridgehead atoms. The Balaban J connectivity index is 3.07. The lowest BCUT2D eigenvalue weighted by Gasteiger charge is -1.96. The Labute approximate surface area is 78.7 Å². The first-order valence-corrected chi connectivity index (χ1v) is 3.68. The molecule has 0 unspecified atom stereocenters. The van der Waals surface area contributed by atoms with Gasteiger partial charge in [-0.2, -0.15) is 5.26 Å². The second-order valence-electron chi connectivity index (χ2n) is 2.21. The van der Waals surface area contributed by atoms with Crippen LogP contribution in [-0.4, -0.2) is 9.91 Å². The first-order chi connectivity index (χ1) is 6.15. The molecule has 0 atom stereocenters. The predicted molar refractivity (Wildman–Crippen MR) is 45.2 cm³/mol. The standard InChI is InChI=1S/C7H4ClN3O2/c8-6-3-5(11(12)13)4-10-7(6)1-2-9/h3-4H,1H2. The van der Waals surface area contributed by atoms with Gasteiger partial charge in [0.1, 0.15) is 6.20 Å². The molecule has 0 amide bonds. The lowest BCUT2D eigenvalue weighted by molar-refractivity contribution is -0.385. The van der Waals surface area contributed by atoms with E-state index in [-0.39, 0.29) is 17.1 Å².